The minimum absolute atomic E-state index is 0.241. The molecule has 3 N–H and O–H groups in total. The van der Waals surface area contributed by atoms with Gasteiger partial charge in [-0.1, -0.05) is 17.4 Å². The predicted octanol–water partition coefficient (Wildman–Crippen LogP) is 0.711. The molecule has 0 aliphatic rings. The van der Waals surface area contributed by atoms with Gasteiger partial charge in [0.15, 0.2) is 5.76 Å². The van der Waals surface area contributed by atoms with Crippen LogP contribution in [0.25, 0.3) is 0 Å². The van der Waals surface area contributed by atoms with Crippen molar-refractivity contribution in [1.29, 1.82) is 0 Å². The fourth-order valence-corrected chi connectivity index (χ4v) is 1.19. The van der Waals surface area contributed by atoms with Crippen LogP contribution >= 0.6 is 12.2 Å². The zero-order chi connectivity index (χ0) is 11.4. The van der Waals surface area contributed by atoms with E-state index in [0.717, 1.165) is 0 Å². The van der Waals surface area contributed by atoms with E-state index in [1.807, 2.05) is 0 Å². The lowest BCUT2D eigenvalue weighted by atomic mass is 10.4. The van der Waals surface area contributed by atoms with E-state index in [4.69, 9.17) is 22.5 Å². The van der Waals surface area contributed by atoms with E-state index in [1.165, 1.54) is 0 Å². The van der Waals surface area contributed by atoms with Crippen LogP contribution in [0.15, 0.2) is 29.0 Å². The number of anilines is 1. The van der Waals surface area contributed by atoms with Gasteiger partial charge in [-0.3, -0.25) is 0 Å². The summed E-state index contributed by atoms with van der Waals surface area (Å²) in [5.74, 6) is 1.14. The highest BCUT2D eigenvalue weighted by Crippen LogP contribution is 2.03. The van der Waals surface area contributed by atoms with Crippen molar-refractivity contribution < 1.29 is 4.52 Å². The summed E-state index contributed by atoms with van der Waals surface area (Å²) < 4.78 is 4.91. The maximum Gasteiger partial charge on any atom is 0.223 e. The van der Waals surface area contributed by atoms with E-state index in [2.05, 4.69) is 20.4 Å². The van der Waals surface area contributed by atoms with Crippen molar-refractivity contribution in [2.24, 2.45) is 5.73 Å². The number of nitrogens with one attached hydrogen (secondary N) is 1. The van der Waals surface area contributed by atoms with E-state index in [1.54, 1.807) is 24.5 Å². The van der Waals surface area contributed by atoms with Crippen LogP contribution in [0.3, 0.4) is 0 Å². The molecule has 16 heavy (non-hydrogen) atoms. The molecule has 0 aromatic carbocycles. The van der Waals surface area contributed by atoms with Gasteiger partial charge in [-0.2, -0.15) is 0 Å². The maximum atomic E-state index is 5.46. The van der Waals surface area contributed by atoms with Gasteiger partial charge in [-0.05, 0) is 6.07 Å². The van der Waals surface area contributed by atoms with Gasteiger partial charge in [0.1, 0.15) is 10.7 Å². The highest BCUT2D eigenvalue weighted by atomic mass is 32.1. The normalized spacial score (nSPS) is 10.0. The third kappa shape index (κ3) is 2.51. The molecular formula is C9H9N5OS. The average molecular weight is 235 g/mol. The Balaban J connectivity index is 2.04. The Labute approximate surface area is 96.9 Å². The van der Waals surface area contributed by atoms with Gasteiger partial charge in [0.05, 0.1) is 12.7 Å². The second-order valence-corrected chi connectivity index (χ2v) is 3.40. The Morgan fingerprint density at radius 1 is 1.44 bits per heavy atom. The van der Waals surface area contributed by atoms with Crippen LogP contribution in [-0.2, 0) is 6.54 Å². The Hall–Kier alpha value is -2.02. The molecule has 2 aromatic rings. The number of hydrogen-bond acceptors (Lipinski definition) is 6. The Kier molecular flexibility index (Phi) is 3.06. The number of thiocarbonyl (C=S) groups is 1. The van der Waals surface area contributed by atoms with Crippen LogP contribution in [-0.4, -0.2) is 20.1 Å². The molecule has 2 heterocycles. The molecule has 0 unspecified atom stereocenters. The van der Waals surface area contributed by atoms with Crippen LogP contribution in [0.5, 0.6) is 0 Å². The summed E-state index contributed by atoms with van der Waals surface area (Å²) in [4.78, 5) is 8.38. The minimum atomic E-state index is 0.241. The van der Waals surface area contributed by atoms with Gasteiger partial charge in [0, 0.05) is 12.3 Å². The largest absolute Gasteiger partial charge is 0.388 e. The fraction of sp³-hybridized carbons (Fsp3) is 0.111. The number of nitrogens with zero attached hydrogens (tertiary/aromatic N) is 3. The topological polar surface area (TPSA) is 89.9 Å². The third-order valence-electron chi connectivity index (χ3n) is 1.82. The molecule has 0 aliphatic heterocycles. The van der Waals surface area contributed by atoms with Crippen molar-refractivity contribution in [3.05, 3.63) is 36.0 Å². The van der Waals surface area contributed by atoms with E-state index < -0.39 is 0 Å². The number of nitrogens with two attached hydrogens (primary N) is 1. The molecule has 0 saturated heterocycles. The van der Waals surface area contributed by atoms with Gasteiger partial charge >= 0.3 is 0 Å². The second-order valence-electron chi connectivity index (χ2n) is 2.96. The summed E-state index contributed by atoms with van der Waals surface area (Å²) in [6.07, 6.45) is 3.16. The molecule has 82 valence electrons. The summed E-state index contributed by atoms with van der Waals surface area (Å²) in [5.41, 5.74) is 5.99. The predicted molar refractivity (Wildman–Crippen MR) is 61.7 cm³/mol. The van der Waals surface area contributed by atoms with Crippen molar-refractivity contribution in [1.82, 2.24) is 15.1 Å². The molecule has 0 atom stereocenters. The molecule has 0 amide bonds. The number of hydrogen-bond donors (Lipinski definition) is 2. The highest BCUT2D eigenvalue weighted by Gasteiger charge is 2.02. The van der Waals surface area contributed by atoms with E-state index in [-0.39, 0.29) is 4.99 Å². The van der Waals surface area contributed by atoms with E-state index >= 15 is 0 Å². The molecule has 0 bridgehead atoms. The first-order valence-electron chi connectivity index (χ1n) is 4.52. The van der Waals surface area contributed by atoms with Crippen LogP contribution < -0.4 is 11.1 Å². The minimum Gasteiger partial charge on any atom is -0.388 e. The molecule has 7 heteroatoms. The Morgan fingerprint density at radius 3 is 3.00 bits per heavy atom. The second kappa shape index (κ2) is 4.67. The lowest BCUT2D eigenvalue weighted by Gasteiger charge is -2.03. The van der Waals surface area contributed by atoms with Crippen LogP contribution in [0.4, 0.5) is 5.95 Å². The van der Waals surface area contributed by atoms with Gasteiger partial charge in [-0.15, -0.1) is 0 Å². The molecule has 0 spiro atoms. The zero-order valence-corrected chi connectivity index (χ0v) is 9.07. The molecule has 0 aliphatic carbocycles. The van der Waals surface area contributed by atoms with Crippen molar-refractivity contribution in [2.75, 3.05) is 5.32 Å². The first-order chi connectivity index (χ1) is 7.75. The molecule has 0 radical (unpaired) electrons. The summed E-state index contributed by atoms with van der Waals surface area (Å²) in [5, 5.41) is 6.55. The van der Waals surface area contributed by atoms with E-state index in [0.29, 0.717) is 23.9 Å². The average Bonchev–Trinajstić information content (AvgIpc) is 2.79. The quantitative estimate of drug-likeness (QED) is 0.754. The van der Waals surface area contributed by atoms with Gasteiger partial charge in [0.2, 0.25) is 5.95 Å². The smallest absolute Gasteiger partial charge is 0.223 e. The number of rotatable bonds is 4. The molecule has 2 rings (SSSR count). The summed E-state index contributed by atoms with van der Waals surface area (Å²) in [6, 6.07) is 3.41. The van der Waals surface area contributed by atoms with Gasteiger partial charge in [0.25, 0.3) is 0 Å². The van der Waals surface area contributed by atoms with Crippen molar-refractivity contribution >= 4 is 23.2 Å². The van der Waals surface area contributed by atoms with Crippen molar-refractivity contribution in [3.8, 4) is 0 Å². The Morgan fingerprint density at radius 2 is 2.31 bits per heavy atom. The lowest BCUT2D eigenvalue weighted by molar-refractivity contribution is 0.388. The van der Waals surface area contributed by atoms with Crippen molar-refractivity contribution in [3.63, 3.8) is 0 Å². The molecule has 6 nitrogen and oxygen atoms in total. The first kappa shape index (κ1) is 10.5. The fourth-order valence-electron chi connectivity index (χ4n) is 1.08. The highest BCUT2D eigenvalue weighted by molar-refractivity contribution is 7.80. The molecule has 2 aromatic heterocycles. The standard InChI is InChI=1S/C9H9N5OS/c10-8(16)7-2-3-11-9(14-7)12-5-6-1-4-13-15-6/h1-4H,5H2,(H2,10,16)(H,11,12,14). The van der Waals surface area contributed by atoms with Gasteiger partial charge < -0.3 is 15.6 Å². The first-order valence-corrected chi connectivity index (χ1v) is 4.93. The third-order valence-corrected chi connectivity index (χ3v) is 2.03. The van der Waals surface area contributed by atoms with E-state index in [9.17, 15) is 0 Å². The van der Waals surface area contributed by atoms with Crippen molar-refractivity contribution in [2.45, 2.75) is 6.54 Å². The monoisotopic (exact) mass is 235 g/mol. The summed E-state index contributed by atoms with van der Waals surface area (Å²) in [7, 11) is 0. The number of aromatic nitrogens is 3. The van der Waals surface area contributed by atoms with Crippen LogP contribution in [0, 0.1) is 0 Å². The van der Waals surface area contributed by atoms with Crippen LogP contribution in [0.2, 0.25) is 0 Å². The lowest BCUT2D eigenvalue weighted by Crippen LogP contribution is -2.13. The SMILES string of the molecule is NC(=S)c1ccnc(NCc2ccno2)n1. The summed E-state index contributed by atoms with van der Waals surface area (Å²) >= 11 is 4.82. The maximum absolute atomic E-state index is 5.46. The van der Waals surface area contributed by atoms with Crippen LogP contribution in [0.1, 0.15) is 11.5 Å². The molecule has 0 fully saturated rings. The zero-order valence-electron chi connectivity index (χ0n) is 8.25. The Bertz CT molecular complexity index is 484. The molecule has 0 saturated carbocycles. The van der Waals surface area contributed by atoms with Gasteiger partial charge in [-0.25, -0.2) is 9.97 Å². The summed E-state index contributed by atoms with van der Waals surface area (Å²) in [6.45, 7) is 0.459. The molecular weight excluding hydrogens is 226 g/mol.